The van der Waals surface area contributed by atoms with Gasteiger partial charge in [0.15, 0.2) is 5.82 Å². The summed E-state index contributed by atoms with van der Waals surface area (Å²) >= 11 is 0. The highest BCUT2D eigenvalue weighted by Gasteiger charge is 2.28. The molecule has 1 saturated carbocycles. The summed E-state index contributed by atoms with van der Waals surface area (Å²) in [4.78, 5) is 16.5. The molecule has 1 aliphatic carbocycles. The van der Waals surface area contributed by atoms with Crippen molar-refractivity contribution in [1.29, 1.82) is 0 Å². The van der Waals surface area contributed by atoms with Crippen molar-refractivity contribution in [1.82, 2.24) is 25.2 Å². The summed E-state index contributed by atoms with van der Waals surface area (Å²) < 4.78 is 7.04. The van der Waals surface area contributed by atoms with Gasteiger partial charge in [-0.1, -0.05) is 12.1 Å². The monoisotopic (exact) mass is 303 g/mol. The molecule has 1 fully saturated rings. The Bertz CT molecular complexity index is 657. The maximum Gasteiger partial charge on any atom is 0.254 e. The molecule has 0 spiro atoms. The molecule has 3 rings (SSSR count). The Kier molecular flexibility index (Phi) is 4.22. The molecule has 0 aliphatic heterocycles. The van der Waals surface area contributed by atoms with Gasteiger partial charge >= 0.3 is 0 Å². The molecule has 0 bridgehead atoms. The van der Waals surface area contributed by atoms with Gasteiger partial charge in [-0.05, 0) is 26.2 Å². The minimum absolute atomic E-state index is 0.109. The van der Waals surface area contributed by atoms with Gasteiger partial charge < -0.3 is 9.84 Å². The molecule has 7 heteroatoms. The highest BCUT2D eigenvalue weighted by molar-refractivity contribution is 5.95. The van der Waals surface area contributed by atoms with E-state index in [0.717, 1.165) is 37.3 Å². The molecule has 0 saturated heterocycles. The lowest BCUT2D eigenvalue weighted by Crippen LogP contribution is -2.26. The molecule has 1 N–H and O–H groups in total. The molecule has 7 nitrogen and oxygen atoms in total. The second kappa shape index (κ2) is 6.29. The van der Waals surface area contributed by atoms with Gasteiger partial charge in [0.2, 0.25) is 5.89 Å². The highest BCUT2D eigenvalue weighted by Crippen LogP contribution is 2.38. The number of aryl methyl sites for hydroxylation is 1. The van der Waals surface area contributed by atoms with Crippen LogP contribution in [0.25, 0.3) is 0 Å². The minimum Gasteiger partial charge on any atom is -0.351 e. The molecule has 22 heavy (non-hydrogen) atoms. The molecular formula is C15H21N5O2. The number of carbonyl (C=O) groups is 1. The summed E-state index contributed by atoms with van der Waals surface area (Å²) in [7, 11) is 0. The molecule has 1 aliphatic rings. The zero-order valence-electron chi connectivity index (χ0n) is 13.0. The average molecular weight is 303 g/mol. The van der Waals surface area contributed by atoms with Crippen molar-refractivity contribution in [2.75, 3.05) is 6.54 Å². The highest BCUT2D eigenvalue weighted by atomic mass is 16.5. The number of nitrogens with one attached hydrogen (secondary N) is 1. The number of hydrogen-bond donors (Lipinski definition) is 1. The van der Waals surface area contributed by atoms with Gasteiger partial charge in [0.25, 0.3) is 5.91 Å². The van der Waals surface area contributed by atoms with Crippen molar-refractivity contribution in [2.45, 2.75) is 52.0 Å². The Labute approximate surface area is 129 Å². The van der Waals surface area contributed by atoms with Crippen molar-refractivity contribution >= 4 is 5.91 Å². The van der Waals surface area contributed by atoms with Crippen LogP contribution in [0.1, 0.15) is 59.9 Å². The zero-order chi connectivity index (χ0) is 15.5. The third-order valence-electron chi connectivity index (χ3n) is 3.83. The van der Waals surface area contributed by atoms with Crippen LogP contribution in [0.2, 0.25) is 0 Å². The second-order valence-electron chi connectivity index (χ2n) is 5.69. The smallest absolute Gasteiger partial charge is 0.254 e. The fourth-order valence-electron chi connectivity index (χ4n) is 2.36. The molecule has 118 valence electrons. The standard InChI is InChI=1S/C15H21N5O2/c1-3-8-20-10(2)12(9-17-20)15(21)16-7-6-13-18-14(19-22-13)11-4-5-11/h9,11H,3-8H2,1-2H3,(H,16,21). The lowest BCUT2D eigenvalue weighted by atomic mass is 10.2. The van der Waals surface area contributed by atoms with Gasteiger partial charge in [0, 0.05) is 31.1 Å². The summed E-state index contributed by atoms with van der Waals surface area (Å²) in [6.07, 6.45) is 5.46. The molecule has 2 aromatic rings. The van der Waals surface area contributed by atoms with E-state index in [4.69, 9.17) is 4.52 Å². The number of rotatable bonds is 7. The molecule has 1 amide bonds. The van der Waals surface area contributed by atoms with Gasteiger partial charge in [-0.2, -0.15) is 10.1 Å². The first-order chi connectivity index (χ1) is 10.7. The predicted molar refractivity (Wildman–Crippen MR) is 79.6 cm³/mol. The van der Waals surface area contributed by atoms with Crippen LogP contribution in [0.5, 0.6) is 0 Å². The Hall–Kier alpha value is -2.18. The lowest BCUT2D eigenvalue weighted by Gasteiger charge is -2.04. The Morgan fingerprint density at radius 1 is 1.50 bits per heavy atom. The average Bonchev–Trinajstić information content (AvgIpc) is 3.15. The van der Waals surface area contributed by atoms with Crippen LogP contribution in [-0.4, -0.2) is 32.4 Å². The number of amides is 1. The third kappa shape index (κ3) is 3.18. The van der Waals surface area contributed by atoms with Crippen molar-refractivity contribution in [3.8, 4) is 0 Å². The molecule has 0 atom stereocenters. The zero-order valence-corrected chi connectivity index (χ0v) is 13.0. The number of aromatic nitrogens is 4. The number of nitrogens with zero attached hydrogens (tertiary/aromatic N) is 4. The van der Waals surface area contributed by atoms with Gasteiger partial charge in [-0.15, -0.1) is 0 Å². The summed E-state index contributed by atoms with van der Waals surface area (Å²) in [6.45, 7) is 5.30. The number of hydrogen-bond acceptors (Lipinski definition) is 5. The summed E-state index contributed by atoms with van der Waals surface area (Å²) in [5, 5.41) is 11.1. The van der Waals surface area contributed by atoms with Crippen LogP contribution in [0, 0.1) is 6.92 Å². The van der Waals surface area contributed by atoms with E-state index in [1.54, 1.807) is 6.20 Å². The van der Waals surface area contributed by atoms with E-state index in [1.807, 2.05) is 11.6 Å². The quantitative estimate of drug-likeness (QED) is 0.843. The maximum absolute atomic E-state index is 12.2. The van der Waals surface area contributed by atoms with E-state index in [1.165, 1.54) is 0 Å². The Morgan fingerprint density at radius 3 is 3.05 bits per heavy atom. The first-order valence-electron chi connectivity index (χ1n) is 7.82. The third-order valence-corrected chi connectivity index (χ3v) is 3.83. The summed E-state index contributed by atoms with van der Waals surface area (Å²) in [6, 6.07) is 0. The van der Waals surface area contributed by atoms with Crippen LogP contribution in [0.3, 0.4) is 0 Å². The van der Waals surface area contributed by atoms with Gasteiger partial charge in [0.05, 0.1) is 11.8 Å². The molecule has 0 aromatic carbocycles. The van der Waals surface area contributed by atoms with Crippen molar-refractivity contribution in [2.24, 2.45) is 0 Å². The first kappa shape index (κ1) is 14.7. The van der Waals surface area contributed by atoms with E-state index >= 15 is 0 Å². The van der Waals surface area contributed by atoms with Crippen LogP contribution in [0.15, 0.2) is 10.7 Å². The number of carbonyl (C=O) groups excluding carboxylic acids is 1. The SMILES string of the molecule is CCCn1ncc(C(=O)NCCc2nc(C3CC3)no2)c1C. The molecule has 0 radical (unpaired) electrons. The normalized spacial score (nSPS) is 14.3. The maximum atomic E-state index is 12.2. The van der Waals surface area contributed by atoms with E-state index < -0.39 is 0 Å². The molecule has 0 unspecified atom stereocenters. The van der Waals surface area contributed by atoms with E-state index in [2.05, 4.69) is 27.5 Å². The van der Waals surface area contributed by atoms with Crippen molar-refractivity contribution < 1.29 is 9.32 Å². The second-order valence-corrected chi connectivity index (χ2v) is 5.69. The molecular weight excluding hydrogens is 282 g/mol. The predicted octanol–water partition coefficient (Wildman–Crippen LogP) is 1.83. The van der Waals surface area contributed by atoms with Crippen molar-refractivity contribution in [3.05, 3.63) is 29.2 Å². The first-order valence-corrected chi connectivity index (χ1v) is 7.82. The van der Waals surface area contributed by atoms with E-state index in [9.17, 15) is 4.79 Å². The minimum atomic E-state index is -0.109. The van der Waals surface area contributed by atoms with Crippen LogP contribution in [-0.2, 0) is 13.0 Å². The van der Waals surface area contributed by atoms with E-state index in [-0.39, 0.29) is 5.91 Å². The Morgan fingerprint density at radius 2 is 2.32 bits per heavy atom. The largest absolute Gasteiger partial charge is 0.351 e. The summed E-state index contributed by atoms with van der Waals surface area (Å²) in [5.41, 5.74) is 1.52. The fraction of sp³-hybridized carbons (Fsp3) is 0.600. The van der Waals surface area contributed by atoms with Crippen LogP contribution < -0.4 is 5.32 Å². The van der Waals surface area contributed by atoms with Crippen LogP contribution >= 0.6 is 0 Å². The summed E-state index contributed by atoms with van der Waals surface area (Å²) in [5.74, 6) is 1.76. The van der Waals surface area contributed by atoms with Gasteiger partial charge in [-0.3, -0.25) is 9.48 Å². The lowest BCUT2D eigenvalue weighted by molar-refractivity contribution is 0.0952. The van der Waals surface area contributed by atoms with E-state index in [0.29, 0.717) is 30.3 Å². The Balaban J connectivity index is 1.51. The van der Waals surface area contributed by atoms with Crippen LogP contribution in [0.4, 0.5) is 0 Å². The molecule has 2 heterocycles. The topological polar surface area (TPSA) is 85.8 Å². The fourth-order valence-corrected chi connectivity index (χ4v) is 2.36. The van der Waals surface area contributed by atoms with Gasteiger partial charge in [0.1, 0.15) is 0 Å². The van der Waals surface area contributed by atoms with Crippen molar-refractivity contribution in [3.63, 3.8) is 0 Å². The van der Waals surface area contributed by atoms with Gasteiger partial charge in [-0.25, -0.2) is 0 Å². The molecule has 2 aromatic heterocycles.